The Hall–Kier alpha value is -1.27. The van der Waals surface area contributed by atoms with Crippen LogP contribution in [-0.2, 0) is 6.54 Å². The molecule has 1 aliphatic rings. The van der Waals surface area contributed by atoms with Gasteiger partial charge in [0.05, 0.1) is 6.04 Å². The summed E-state index contributed by atoms with van der Waals surface area (Å²) in [4.78, 5) is 16.6. The van der Waals surface area contributed by atoms with Crippen LogP contribution in [0.1, 0.15) is 12.0 Å². The van der Waals surface area contributed by atoms with E-state index in [0.717, 1.165) is 36.6 Å². The molecule has 0 radical (unpaired) electrons. The largest absolute Gasteiger partial charge is 0.334 e. The van der Waals surface area contributed by atoms with E-state index in [1.54, 1.807) is 12.1 Å². The van der Waals surface area contributed by atoms with Crippen molar-refractivity contribution in [1.82, 2.24) is 15.1 Å². The molecule has 4 nitrogen and oxygen atoms in total. The molecule has 1 unspecified atom stereocenters. The van der Waals surface area contributed by atoms with Crippen molar-refractivity contribution in [2.24, 2.45) is 0 Å². The van der Waals surface area contributed by atoms with E-state index < -0.39 is 0 Å². The number of urea groups is 1. The number of hydrogen-bond donors (Lipinski definition) is 1. The first-order chi connectivity index (χ1) is 10.6. The smallest absolute Gasteiger partial charge is 0.317 e. The van der Waals surface area contributed by atoms with Gasteiger partial charge in [-0.25, -0.2) is 9.18 Å². The molecule has 1 aromatic rings. The number of amides is 2. The first-order valence-corrected chi connectivity index (χ1v) is 8.73. The third-order valence-corrected chi connectivity index (χ3v) is 4.83. The Bertz CT molecular complexity index is 481. The lowest BCUT2D eigenvalue weighted by Gasteiger charge is -2.31. The third kappa shape index (κ3) is 5.18. The average molecular weight is 325 g/mol. The minimum atomic E-state index is -0.259. The number of nitrogens with one attached hydrogen (secondary N) is 1. The molecule has 1 fully saturated rings. The lowest BCUT2D eigenvalue weighted by molar-refractivity contribution is 0.168. The van der Waals surface area contributed by atoms with Gasteiger partial charge < -0.3 is 15.1 Å². The molecule has 1 saturated heterocycles. The predicted molar refractivity (Wildman–Crippen MR) is 89.6 cm³/mol. The van der Waals surface area contributed by atoms with Crippen LogP contribution in [0.3, 0.4) is 0 Å². The van der Waals surface area contributed by atoms with Gasteiger partial charge in [-0.05, 0) is 44.0 Å². The van der Waals surface area contributed by atoms with Crippen molar-refractivity contribution < 1.29 is 9.18 Å². The summed E-state index contributed by atoms with van der Waals surface area (Å²) in [6, 6.07) is 6.43. The number of carbonyl (C=O) groups excluding carboxylic acids is 1. The highest BCUT2D eigenvalue weighted by Gasteiger charge is 2.25. The Labute approximate surface area is 136 Å². The van der Waals surface area contributed by atoms with Crippen LogP contribution in [0.5, 0.6) is 0 Å². The zero-order valence-corrected chi connectivity index (χ0v) is 14.0. The van der Waals surface area contributed by atoms with Gasteiger partial charge in [-0.15, -0.1) is 0 Å². The molecule has 1 aliphatic heterocycles. The normalized spacial score (nSPS) is 19.1. The summed E-state index contributed by atoms with van der Waals surface area (Å²) in [5.41, 5.74) is 0.906. The molecule has 1 heterocycles. The van der Waals surface area contributed by atoms with Crippen LogP contribution in [-0.4, -0.2) is 60.6 Å². The van der Waals surface area contributed by atoms with Crippen molar-refractivity contribution >= 4 is 17.8 Å². The van der Waals surface area contributed by atoms with E-state index >= 15 is 0 Å². The molecule has 1 N–H and O–H groups in total. The second-order valence-electron chi connectivity index (χ2n) is 5.82. The molecule has 2 amide bonds. The predicted octanol–water partition coefficient (Wildman–Crippen LogP) is 2.40. The van der Waals surface area contributed by atoms with Gasteiger partial charge in [0.2, 0.25) is 0 Å². The van der Waals surface area contributed by atoms with Crippen molar-refractivity contribution in [3.8, 4) is 0 Å². The van der Waals surface area contributed by atoms with Gasteiger partial charge in [-0.1, -0.05) is 12.1 Å². The molecule has 0 bridgehead atoms. The summed E-state index contributed by atoms with van der Waals surface area (Å²) in [5, 5.41) is 2.96. The zero-order valence-electron chi connectivity index (χ0n) is 13.2. The number of hydrogen-bond acceptors (Lipinski definition) is 3. The fourth-order valence-corrected chi connectivity index (χ4v) is 3.61. The maximum absolute atomic E-state index is 12.9. The maximum atomic E-state index is 12.9. The fourth-order valence-electron chi connectivity index (χ4n) is 2.55. The first kappa shape index (κ1) is 17.1. The van der Waals surface area contributed by atoms with Crippen LogP contribution >= 0.6 is 11.8 Å². The maximum Gasteiger partial charge on any atom is 0.317 e. The summed E-state index contributed by atoms with van der Waals surface area (Å²) < 4.78 is 12.9. The van der Waals surface area contributed by atoms with Gasteiger partial charge in [-0.2, -0.15) is 11.8 Å². The van der Waals surface area contributed by atoms with Crippen LogP contribution in [0.15, 0.2) is 24.3 Å². The van der Waals surface area contributed by atoms with Crippen LogP contribution in [0.25, 0.3) is 0 Å². The first-order valence-electron chi connectivity index (χ1n) is 7.57. The minimum absolute atomic E-state index is 0.0290. The van der Waals surface area contributed by atoms with E-state index in [-0.39, 0.29) is 17.9 Å². The topological polar surface area (TPSA) is 35.6 Å². The van der Waals surface area contributed by atoms with Crippen molar-refractivity contribution in [3.63, 3.8) is 0 Å². The second-order valence-corrected chi connectivity index (χ2v) is 6.97. The number of halogens is 1. The lowest BCUT2D eigenvalue weighted by atomic mass is 10.2. The van der Waals surface area contributed by atoms with Crippen LogP contribution in [0.2, 0.25) is 0 Å². The number of benzene rings is 1. The van der Waals surface area contributed by atoms with E-state index in [2.05, 4.69) is 10.2 Å². The molecule has 1 atom stereocenters. The van der Waals surface area contributed by atoms with Gasteiger partial charge in [-0.3, -0.25) is 0 Å². The SMILES string of the molecule is CN(C)CC1CSCCCN1C(=O)NCc1ccc(F)cc1. The van der Waals surface area contributed by atoms with Gasteiger partial charge in [0.25, 0.3) is 0 Å². The molecular formula is C16H24FN3OS. The Morgan fingerprint density at radius 1 is 1.41 bits per heavy atom. The highest BCUT2D eigenvalue weighted by molar-refractivity contribution is 7.99. The fraction of sp³-hybridized carbons (Fsp3) is 0.562. The average Bonchev–Trinajstić information content (AvgIpc) is 2.71. The molecule has 1 aromatic carbocycles. The van der Waals surface area contributed by atoms with Crippen LogP contribution in [0.4, 0.5) is 9.18 Å². The lowest BCUT2D eigenvalue weighted by Crippen LogP contribution is -2.50. The third-order valence-electron chi connectivity index (χ3n) is 3.63. The van der Waals surface area contributed by atoms with Gasteiger partial charge in [0.15, 0.2) is 0 Å². The molecule has 22 heavy (non-hydrogen) atoms. The van der Waals surface area contributed by atoms with Gasteiger partial charge in [0.1, 0.15) is 5.82 Å². The number of carbonyl (C=O) groups is 1. The quantitative estimate of drug-likeness (QED) is 0.923. The van der Waals surface area contributed by atoms with E-state index in [9.17, 15) is 9.18 Å². The summed E-state index contributed by atoms with van der Waals surface area (Å²) in [5.74, 6) is 1.82. The van der Waals surface area contributed by atoms with Gasteiger partial charge in [0, 0.05) is 25.4 Å². The molecule has 122 valence electrons. The molecule has 0 spiro atoms. The molecule has 2 rings (SSSR count). The van der Waals surface area contributed by atoms with Crippen molar-refractivity contribution in [1.29, 1.82) is 0 Å². The Morgan fingerprint density at radius 2 is 2.14 bits per heavy atom. The van der Waals surface area contributed by atoms with E-state index in [0.29, 0.717) is 6.54 Å². The number of rotatable bonds is 4. The van der Waals surface area contributed by atoms with Crippen molar-refractivity contribution in [3.05, 3.63) is 35.6 Å². The van der Waals surface area contributed by atoms with Crippen molar-refractivity contribution in [2.75, 3.05) is 38.7 Å². The number of likely N-dealkylation sites (N-methyl/N-ethyl adjacent to an activating group) is 1. The Morgan fingerprint density at radius 3 is 2.82 bits per heavy atom. The molecule has 0 saturated carbocycles. The van der Waals surface area contributed by atoms with E-state index in [4.69, 9.17) is 0 Å². The highest BCUT2D eigenvalue weighted by Crippen LogP contribution is 2.17. The van der Waals surface area contributed by atoms with Crippen LogP contribution in [0, 0.1) is 5.82 Å². The van der Waals surface area contributed by atoms with E-state index in [1.165, 1.54) is 12.1 Å². The standard InChI is InChI=1S/C16H24FN3OS/c1-19(2)11-15-12-22-9-3-8-20(15)16(21)18-10-13-4-6-14(17)7-5-13/h4-7,15H,3,8-12H2,1-2H3,(H,18,21). The number of thioether (sulfide) groups is 1. The van der Waals surface area contributed by atoms with E-state index in [1.807, 2.05) is 30.8 Å². The summed E-state index contributed by atoms with van der Waals surface area (Å²) in [6.07, 6.45) is 1.03. The molecule has 6 heteroatoms. The van der Waals surface area contributed by atoms with Crippen molar-refractivity contribution in [2.45, 2.75) is 19.0 Å². The summed E-state index contributed by atoms with van der Waals surface area (Å²) in [7, 11) is 4.06. The monoisotopic (exact) mass is 325 g/mol. The van der Waals surface area contributed by atoms with Crippen LogP contribution < -0.4 is 5.32 Å². The zero-order chi connectivity index (χ0) is 15.9. The summed E-state index contributed by atoms with van der Waals surface area (Å²) in [6.45, 7) is 2.09. The second kappa shape index (κ2) is 8.39. The Balaban J connectivity index is 1.93. The highest BCUT2D eigenvalue weighted by atomic mass is 32.2. The number of nitrogens with zero attached hydrogens (tertiary/aromatic N) is 2. The summed E-state index contributed by atoms with van der Waals surface area (Å²) >= 11 is 1.91. The molecule has 0 aromatic heterocycles. The molecule has 0 aliphatic carbocycles. The minimum Gasteiger partial charge on any atom is -0.334 e. The molecular weight excluding hydrogens is 301 g/mol. The Kier molecular flexibility index (Phi) is 6.51. The van der Waals surface area contributed by atoms with Gasteiger partial charge >= 0.3 is 6.03 Å².